The van der Waals surface area contributed by atoms with Crippen molar-refractivity contribution in [2.24, 2.45) is 11.8 Å². The van der Waals surface area contributed by atoms with Crippen molar-refractivity contribution < 1.29 is 14.7 Å². The summed E-state index contributed by atoms with van der Waals surface area (Å²) < 4.78 is 0. The third kappa shape index (κ3) is 7.34. The standard InChI is InChI=1S/C16H30N2O3/c1-12(2)8-5-3-4-6-11-17-16(21)18-14-10-7-9-13(14)15(19)20/h12-14H,3-11H2,1-2H3,(H,19,20)(H2,17,18,21). The van der Waals surface area contributed by atoms with E-state index < -0.39 is 11.9 Å². The van der Waals surface area contributed by atoms with Crippen LogP contribution in [-0.4, -0.2) is 29.7 Å². The number of urea groups is 1. The van der Waals surface area contributed by atoms with E-state index in [0.29, 0.717) is 13.0 Å². The van der Waals surface area contributed by atoms with Gasteiger partial charge < -0.3 is 15.7 Å². The fraction of sp³-hybridized carbons (Fsp3) is 0.875. The Kier molecular flexibility index (Phi) is 8.16. The summed E-state index contributed by atoms with van der Waals surface area (Å²) in [6.45, 7) is 5.14. The Hall–Kier alpha value is -1.26. The molecule has 1 aliphatic rings. The fourth-order valence-corrected chi connectivity index (χ4v) is 2.88. The topological polar surface area (TPSA) is 78.4 Å². The molecule has 0 radical (unpaired) electrons. The van der Waals surface area contributed by atoms with Gasteiger partial charge in [0.2, 0.25) is 0 Å². The van der Waals surface area contributed by atoms with Gasteiger partial charge in [0.15, 0.2) is 0 Å². The zero-order valence-electron chi connectivity index (χ0n) is 13.4. The Balaban J connectivity index is 2.05. The van der Waals surface area contributed by atoms with Gasteiger partial charge in [-0.3, -0.25) is 4.79 Å². The van der Waals surface area contributed by atoms with E-state index in [1.165, 1.54) is 19.3 Å². The molecule has 2 atom stereocenters. The summed E-state index contributed by atoms with van der Waals surface area (Å²) in [5, 5.41) is 14.7. The predicted molar refractivity (Wildman–Crippen MR) is 83.2 cm³/mol. The van der Waals surface area contributed by atoms with Crippen LogP contribution in [0.3, 0.4) is 0 Å². The first-order valence-electron chi connectivity index (χ1n) is 8.28. The van der Waals surface area contributed by atoms with E-state index in [2.05, 4.69) is 24.5 Å². The molecular formula is C16H30N2O3. The van der Waals surface area contributed by atoms with E-state index in [-0.39, 0.29) is 12.1 Å². The van der Waals surface area contributed by atoms with Crippen molar-refractivity contribution in [1.29, 1.82) is 0 Å². The lowest BCUT2D eigenvalue weighted by Gasteiger charge is -2.17. The molecule has 1 fully saturated rings. The summed E-state index contributed by atoms with van der Waals surface area (Å²) in [6.07, 6.45) is 8.16. The van der Waals surface area contributed by atoms with E-state index in [4.69, 9.17) is 5.11 Å². The van der Waals surface area contributed by atoms with Gasteiger partial charge in [0.1, 0.15) is 0 Å². The molecule has 0 saturated heterocycles. The molecule has 5 heteroatoms. The van der Waals surface area contributed by atoms with Gasteiger partial charge in [-0.25, -0.2) is 4.79 Å². The van der Waals surface area contributed by atoms with Crippen LogP contribution < -0.4 is 10.6 Å². The summed E-state index contributed by atoms with van der Waals surface area (Å²) >= 11 is 0. The van der Waals surface area contributed by atoms with Crippen LogP contribution in [0, 0.1) is 11.8 Å². The van der Waals surface area contributed by atoms with Crippen molar-refractivity contribution in [1.82, 2.24) is 10.6 Å². The molecule has 3 N–H and O–H groups in total. The SMILES string of the molecule is CC(C)CCCCCCNC(=O)NC1CCCC1C(=O)O. The lowest BCUT2D eigenvalue weighted by atomic mass is 10.0. The number of hydrogen-bond donors (Lipinski definition) is 3. The lowest BCUT2D eigenvalue weighted by molar-refractivity contribution is -0.142. The average Bonchev–Trinajstić information content (AvgIpc) is 2.85. The van der Waals surface area contributed by atoms with E-state index in [0.717, 1.165) is 31.6 Å². The van der Waals surface area contributed by atoms with Crippen molar-refractivity contribution in [3.63, 3.8) is 0 Å². The van der Waals surface area contributed by atoms with E-state index in [1.54, 1.807) is 0 Å². The molecule has 122 valence electrons. The largest absolute Gasteiger partial charge is 0.481 e. The number of carboxylic acid groups (broad SMARTS) is 1. The number of nitrogens with one attached hydrogen (secondary N) is 2. The second-order valence-corrected chi connectivity index (χ2v) is 6.48. The van der Waals surface area contributed by atoms with Gasteiger partial charge in [-0.2, -0.15) is 0 Å². The molecule has 2 amide bonds. The average molecular weight is 298 g/mol. The Morgan fingerprint density at radius 3 is 2.52 bits per heavy atom. The maximum Gasteiger partial charge on any atom is 0.315 e. The second kappa shape index (κ2) is 9.64. The number of amides is 2. The normalized spacial score (nSPS) is 21.5. The summed E-state index contributed by atoms with van der Waals surface area (Å²) in [7, 11) is 0. The number of aliphatic carboxylic acids is 1. The first kappa shape index (κ1) is 17.8. The number of carbonyl (C=O) groups excluding carboxylic acids is 1. The maximum absolute atomic E-state index is 11.7. The van der Waals surface area contributed by atoms with Crippen LogP contribution in [0.4, 0.5) is 4.79 Å². The number of carbonyl (C=O) groups is 2. The van der Waals surface area contributed by atoms with Gasteiger partial charge in [-0.15, -0.1) is 0 Å². The van der Waals surface area contributed by atoms with Gasteiger partial charge in [0.05, 0.1) is 5.92 Å². The molecule has 0 aromatic heterocycles. The van der Waals surface area contributed by atoms with Gasteiger partial charge in [0.25, 0.3) is 0 Å². The molecule has 0 spiro atoms. The third-order valence-electron chi connectivity index (χ3n) is 4.14. The van der Waals surface area contributed by atoms with E-state index in [1.807, 2.05) is 0 Å². The van der Waals surface area contributed by atoms with Crippen LogP contribution in [0.2, 0.25) is 0 Å². The molecular weight excluding hydrogens is 268 g/mol. The minimum absolute atomic E-state index is 0.214. The minimum atomic E-state index is -0.803. The molecule has 1 aliphatic carbocycles. The highest BCUT2D eigenvalue weighted by atomic mass is 16.4. The van der Waals surface area contributed by atoms with Crippen molar-refractivity contribution in [2.75, 3.05) is 6.54 Å². The predicted octanol–water partition coefficient (Wildman–Crippen LogP) is 3.15. The van der Waals surface area contributed by atoms with Crippen LogP contribution >= 0.6 is 0 Å². The molecule has 1 rings (SSSR count). The van der Waals surface area contributed by atoms with Gasteiger partial charge in [0, 0.05) is 12.6 Å². The Bertz CT molecular complexity index is 331. The van der Waals surface area contributed by atoms with Gasteiger partial charge in [-0.1, -0.05) is 46.0 Å². The van der Waals surface area contributed by atoms with Gasteiger partial charge in [-0.05, 0) is 25.2 Å². The zero-order valence-corrected chi connectivity index (χ0v) is 13.4. The van der Waals surface area contributed by atoms with Crippen LogP contribution in [0.1, 0.15) is 65.2 Å². The smallest absolute Gasteiger partial charge is 0.315 e. The first-order chi connectivity index (χ1) is 10.0. The number of rotatable bonds is 9. The summed E-state index contributed by atoms with van der Waals surface area (Å²) in [5.74, 6) is -0.461. The van der Waals surface area contributed by atoms with Crippen LogP contribution in [0.25, 0.3) is 0 Å². The number of unbranched alkanes of at least 4 members (excludes halogenated alkanes) is 3. The summed E-state index contributed by atoms with van der Waals surface area (Å²) in [4.78, 5) is 22.8. The molecule has 21 heavy (non-hydrogen) atoms. The summed E-state index contributed by atoms with van der Waals surface area (Å²) in [5.41, 5.74) is 0. The Labute approximate surface area is 127 Å². The maximum atomic E-state index is 11.7. The van der Waals surface area contributed by atoms with Crippen molar-refractivity contribution >= 4 is 12.0 Å². The van der Waals surface area contributed by atoms with Crippen LogP contribution in [0.5, 0.6) is 0 Å². The first-order valence-corrected chi connectivity index (χ1v) is 8.28. The fourth-order valence-electron chi connectivity index (χ4n) is 2.88. The monoisotopic (exact) mass is 298 g/mol. The zero-order chi connectivity index (χ0) is 15.7. The molecule has 2 unspecified atom stereocenters. The summed E-state index contributed by atoms with van der Waals surface area (Å²) in [6, 6.07) is -0.441. The molecule has 0 aliphatic heterocycles. The second-order valence-electron chi connectivity index (χ2n) is 6.48. The molecule has 5 nitrogen and oxygen atoms in total. The van der Waals surface area contributed by atoms with E-state index >= 15 is 0 Å². The molecule has 0 aromatic carbocycles. The van der Waals surface area contributed by atoms with Gasteiger partial charge >= 0.3 is 12.0 Å². The highest BCUT2D eigenvalue weighted by molar-refractivity contribution is 5.76. The minimum Gasteiger partial charge on any atom is -0.481 e. The highest BCUT2D eigenvalue weighted by Gasteiger charge is 2.33. The molecule has 0 bridgehead atoms. The van der Waals surface area contributed by atoms with Crippen LogP contribution in [0.15, 0.2) is 0 Å². The number of hydrogen-bond acceptors (Lipinski definition) is 2. The quantitative estimate of drug-likeness (QED) is 0.572. The number of carboxylic acids is 1. The third-order valence-corrected chi connectivity index (χ3v) is 4.14. The lowest BCUT2D eigenvalue weighted by Crippen LogP contribution is -2.45. The van der Waals surface area contributed by atoms with Crippen molar-refractivity contribution in [3.8, 4) is 0 Å². The molecule has 0 aromatic rings. The molecule has 1 saturated carbocycles. The Morgan fingerprint density at radius 1 is 1.14 bits per heavy atom. The van der Waals surface area contributed by atoms with Crippen molar-refractivity contribution in [3.05, 3.63) is 0 Å². The van der Waals surface area contributed by atoms with Crippen LogP contribution in [-0.2, 0) is 4.79 Å². The van der Waals surface area contributed by atoms with E-state index in [9.17, 15) is 9.59 Å². The highest BCUT2D eigenvalue weighted by Crippen LogP contribution is 2.25. The molecule has 0 heterocycles. The Morgan fingerprint density at radius 2 is 1.86 bits per heavy atom. The van der Waals surface area contributed by atoms with Crippen molar-refractivity contribution in [2.45, 2.75) is 71.3 Å².